The maximum absolute atomic E-state index is 4.65. The van der Waals surface area contributed by atoms with Crippen molar-refractivity contribution in [3.05, 3.63) is 59.2 Å². The van der Waals surface area contributed by atoms with Gasteiger partial charge in [-0.15, -0.1) is 33.3 Å². The van der Waals surface area contributed by atoms with Crippen LogP contribution in [-0.4, -0.2) is 19.8 Å². The van der Waals surface area contributed by atoms with Crippen LogP contribution in [0.3, 0.4) is 0 Å². The van der Waals surface area contributed by atoms with Gasteiger partial charge in [0.1, 0.15) is 0 Å². The van der Waals surface area contributed by atoms with Crippen molar-refractivity contribution in [1.82, 2.24) is 19.8 Å². The second-order valence-corrected chi connectivity index (χ2v) is 7.56. The minimum atomic E-state index is 0.809. The molecular weight excluding hydrogens is 332 g/mol. The van der Waals surface area contributed by atoms with Gasteiger partial charge in [0.2, 0.25) is 4.96 Å². The van der Waals surface area contributed by atoms with E-state index in [1.54, 1.807) is 22.7 Å². The van der Waals surface area contributed by atoms with Crippen molar-refractivity contribution in [2.24, 2.45) is 0 Å². The van der Waals surface area contributed by atoms with Gasteiger partial charge in [-0.2, -0.15) is 9.61 Å². The molecule has 0 fully saturated rings. The van der Waals surface area contributed by atoms with E-state index in [0.29, 0.717) is 0 Å². The van der Waals surface area contributed by atoms with Gasteiger partial charge in [-0.1, -0.05) is 47.7 Å². The summed E-state index contributed by atoms with van der Waals surface area (Å²) in [5.74, 6) is 2.69. The third-order valence-electron chi connectivity index (χ3n) is 3.13. The van der Waals surface area contributed by atoms with Crippen molar-refractivity contribution in [3.63, 3.8) is 0 Å². The predicted molar refractivity (Wildman–Crippen MR) is 93.4 cm³/mol. The third kappa shape index (κ3) is 2.79. The lowest BCUT2D eigenvalue weighted by atomic mass is 10.2. The normalized spacial score (nSPS) is 11.3. The van der Waals surface area contributed by atoms with Crippen molar-refractivity contribution >= 4 is 39.4 Å². The zero-order valence-corrected chi connectivity index (χ0v) is 14.0. The molecule has 3 aromatic heterocycles. The summed E-state index contributed by atoms with van der Waals surface area (Å²) in [7, 11) is 0. The highest BCUT2D eigenvalue weighted by Crippen LogP contribution is 2.29. The highest BCUT2D eigenvalue weighted by Gasteiger charge is 2.13. The second kappa shape index (κ2) is 6.20. The molecule has 0 aliphatic heterocycles. The van der Waals surface area contributed by atoms with Gasteiger partial charge in [0, 0.05) is 5.75 Å². The molecule has 0 saturated heterocycles. The number of benzene rings is 1. The fourth-order valence-electron chi connectivity index (χ4n) is 2.08. The van der Waals surface area contributed by atoms with Crippen molar-refractivity contribution in [1.29, 1.82) is 0 Å². The Hall–Kier alpha value is -1.70. The summed E-state index contributed by atoms with van der Waals surface area (Å²) in [6.07, 6.45) is 0. The molecule has 4 nitrogen and oxygen atoms in total. The summed E-state index contributed by atoms with van der Waals surface area (Å²) in [6, 6.07) is 14.6. The molecule has 0 aliphatic carbocycles. The highest BCUT2D eigenvalue weighted by atomic mass is 32.2. The number of nitrogens with zero attached hydrogens (tertiary/aromatic N) is 4. The van der Waals surface area contributed by atoms with E-state index in [9.17, 15) is 0 Å². The number of hydrogen-bond acceptors (Lipinski definition) is 6. The Kier molecular flexibility index (Phi) is 3.92. The van der Waals surface area contributed by atoms with E-state index in [4.69, 9.17) is 0 Å². The molecule has 1 aromatic carbocycles. The summed E-state index contributed by atoms with van der Waals surface area (Å²) in [6.45, 7) is 0. The molecule has 0 unspecified atom stereocenters. The lowest BCUT2D eigenvalue weighted by Crippen LogP contribution is -1.94. The van der Waals surface area contributed by atoms with E-state index in [1.165, 1.54) is 10.4 Å². The number of hydrogen-bond donors (Lipinski definition) is 0. The van der Waals surface area contributed by atoms with Gasteiger partial charge in [0.25, 0.3) is 0 Å². The minimum Gasteiger partial charge on any atom is -0.186 e. The summed E-state index contributed by atoms with van der Waals surface area (Å²) < 4.78 is 1.87. The summed E-state index contributed by atoms with van der Waals surface area (Å²) in [5.41, 5.74) is 1.32. The Balaban J connectivity index is 1.50. The molecule has 110 valence electrons. The van der Waals surface area contributed by atoms with Gasteiger partial charge in [-0.25, -0.2) is 0 Å². The van der Waals surface area contributed by atoms with E-state index in [-0.39, 0.29) is 0 Å². The smallest absolute Gasteiger partial charge is 0.186 e. The Morgan fingerprint density at radius 2 is 1.91 bits per heavy atom. The molecule has 0 amide bonds. The molecule has 0 bridgehead atoms. The van der Waals surface area contributed by atoms with Crippen LogP contribution in [0.4, 0.5) is 0 Å². The molecule has 22 heavy (non-hydrogen) atoms. The largest absolute Gasteiger partial charge is 0.235 e. The van der Waals surface area contributed by atoms with Crippen LogP contribution < -0.4 is 0 Å². The Morgan fingerprint density at radius 3 is 2.73 bits per heavy atom. The lowest BCUT2D eigenvalue weighted by Gasteiger charge is -1.99. The molecular formula is C15H12N4S3. The number of rotatable bonds is 5. The first-order valence-electron chi connectivity index (χ1n) is 6.77. The molecule has 0 spiro atoms. The molecule has 0 aliphatic rings. The van der Waals surface area contributed by atoms with Gasteiger partial charge in [0.05, 0.1) is 10.6 Å². The quantitative estimate of drug-likeness (QED) is 0.540. The number of fused-ring (bicyclic) bond motifs is 1. The van der Waals surface area contributed by atoms with Crippen LogP contribution in [0, 0.1) is 0 Å². The van der Waals surface area contributed by atoms with Gasteiger partial charge in [0.15, 0.2) is 10.8 Å². The standard InChI is InChI=1S/C15H12N4S3/c1-2-5-11(6-3-1)9-20-10-13-16-17-15-19(13)18-14(22-15)12-7-4-8-21-12/h1-8H,9-10H2. The zero-order valence-electron chi connectivity index (χ0n) is 11.5. The fourth-order valence-corrected chi connectivity index (χ4v) is 4.62. The van der Waals surface area contributed by atoms with Crippen LogP contribution in [0.5, 0.6) is 0 Å². The van der Waals surface area contributed by atoms with Crippen LogP contribution in [0.25, 0.3) is 14.8 Å². The van der Waals surface area contributed by atoms with Gasteiger partial charge < -0.3 is 0 Å². The van der Waals surface area contributed by atoms with Crippen LogP contribution >= 0.6 is 34.4 Å². The lowest BCUT2D eigenvalue weighted by molar-refractivity contribution is 0.888. The first-order chi connectivity index (χ1) is 10.9. The molecule has 0 atom stereocenters. The third-order valence-corrected chi connectivity index (χ3v) is 6.07. The van der Waals surface area contributed by atoms with Gasteiger partial charge in [-0.3, -0.25) is 0 Å². The molecule has 4 aromatic rings. The molecule has 4 rings (SSSR count). The van der Waals surface area contributed by atoms with Crippen LogP contribution in [0.2, 0.25) is 0 Å². The van der Waals surface area contributed by atoms with E-state index >= 15 is 0 Å². The average molecular weight is 344 g/mol. The van der Waals surface area contributed by atoms with Crippen molar-refractivity contribution in [2.45, 2.75) is 11.5 Å². The average Bonchev–Trinajstić information content (AvgIpc) is 3.25. The predicted octanol–water partition coefficient (Wildman–Crippen LogP) is 4.35. The monoisotopic (exact) mass is 344 g/mol. The van der Waals surface area contributed by atoms with Gasteiger partial charge in [-0.05, 0) is 17.0 Å². The van der Waals surface area contributed by atoms with E-state index in [2.05, 4.69) is 51.0 Å². The summed E-state index contributed by atoms with van der Waals surface area (Å²) in [5, 5.41) is 16.2. The fraction of sp³-hybridized carbons (Fsp3) is 0.133. The van der Waals surface area contributed by atoms with Crippen LogP contribution in [-0.2, 0) is 11.5 Å². The van der Waals surface area contributed by atoms with Crippen molar-refractivity contribution < 1.29 is 0 Å². The number of thioether (sulfide) groups is 1. The van der Waals surface area contributed by atoms with Crippen LogP contribution in [0.15, 0.2) is 47.8 Å². The molecule has 7 heteroatoms. The van der Waals surface area contributed by atoms with Crippen LogP contribution in [0.1, 0.15) is 11.4 Å². The topological polar surface area (TPSA) is 43.1 Å². The molecule has 0 N–H and O–H groups in total. The molecule has 0 saturated carbocycles. The first-order valence-corrected chi connectivity index (χ1v) is 9.62. The maximum atomic E-state index is 4.65. The SMILES string of the molecule is c1ccc(CSCc2nnc3sc(-c4cccs4)nn23)cc1. The Morgan fingerprint density at radius 1 is 1.00 bits per heavy atom. The zero-order chi connectivity index (χ0) is 14.8. The first kappa shape index (κ1) is 13.9. The van der Waals surface area contributed by atoms with Crippen molar-refractivity contribution in [3.8, 4) is 9.88 Å². The summed E-state index contributed by atoms with van der Waals surface area (Å²) >= 11 is 5.11. The molecule has 3 heterocycles. The number of thiophene rings is 1. The van der Waals surface area contributed by atoms with E-state index in [0.717, 1.165) is 27.3 Å². The van der Waals surface area contributed by atoms with Crippen molar-refractivity contribution in [2.75, 3.05) is 0 Å². The highest BCUT2D eigenvalue weighted by molar-refractivity contribution is 7.97. The maximum Gasteiger partial charge on any atom is 0.235 e. The molecule has 0 radical (unpaired) electrons. The number of aromatic nitrogens is 4. The van der Waals surface area contributed by atoms with E-state index in [1.807, 2.05) is 28.4 Å². The Labute approximate surface area is 139 Å². The minimum absolute atomic E-state index is 0.809. The Bertz CT molecular complexity index is 865. The second-order valence-electron chi connectivity index (χ2n) is 4.67. The summed E-state index contributed by atoms with van der Waals surface area (Å²) in [4.78, 5) is 2.04. The van der Waals surface area contributed by atoms with E-state index < -0.39 is 0 Å². The van der Waals surface area contributed by atoms with Gasteiger partial charge >= 0.3 is 0 Å².